The van der Waals surface area contributed by atoms with Gasteiger partial charge in [-0.25, -0.2) is 9.97 Å². The van der Waals surface area contributed by atoms with Crippen molar-refractivity contribution in [1.82, 2.24) is 15.3 Å². The van der Waals surface area contributed by atoms with E-state index in [9.17, 15) is 22.8 Å². The highest BCUT2D eigenvalue weighted by molar-refractivity contribution is 8.00. The van der Waals surface area contributed by atoms with E-state index in [0.29, 0.717) is 11.1 Å². The van der Waals surface area contributed by atoms with Crippen LogP contribution in [0.3, 0.4) is 0 Å². The number of hydrogen-bond donors (Lipinski definition) is 2. The van der Waals surface area contributed by atoms with Crippen LogP contribution < -0.4 is 10.6 Å². The fourth-order valence-electron chi connectivity index (χ4n) is 3.07. The molecule has 0 unspecified atom stereocenters. The Balaban J connectivity index is 1.46. The van der Waals surface area contributed by atoms with Gasteiger partial charge in [-0.3, -0.25) is 9.59 Å². The molecule has 0 saturated carbocycles. The topological polar surface area (TPSA) is 97.1 Å². The van der Waals surface area contributed by atoms with Gasteiger partial charge in [0.1, 0.15) is 10.8 Å². The molecule has 2 amide bonds. The lowest BCUT2D eigenvalue weighted by atomic mass is 10.1. The van der Waals surface area contributed by atoms with Crippen LogP contribution in [-0.4, -0.2) is 27.5 Å². The molecule has 34 heavy (non-hydrogen) atoms. The molecule has 11 heteroatoms. The van der Waals surface area contributed by atoms with Crippen LogP contribution in [0.2, 0.25) is 0 Å². The number of fused-ring (bicyclic) bond motifs is 1. The first-order valence-corrected chi connectivity index (χ1v) is 11.0. The van der Waals surface area contributed by atoms with Gasteiger partial charge in [0.25, 0.3) is 5.91 Å². The van der Waals surface area contributed by atoms with Crippen molar-refractivity contribution < 1.29 is 27.2 Å². The van der Waals surface area contributed by atoms with Crippen molar-refractivity contribution in [2.45, 2.75) is 17.7 Å². The van der Waals surface area contributed by atoms with E-state index in [0.717, 1.165) is 11.8 Å². The van der Waals surface area contributed by atoms with Gasteiger partial charge in [0.05, 0.1) is 35.3 Å². The number of anilines is 1. The number of furan rings is 1. The van der Waals surface area contributed by atoms with Crippen molar-refractivity contribution in [2.24, 2.45) is 0 Å². The van der Waals surface area contributed by atoms with E-state index in [-0.39, 0.29) is 34.1 Å². The van der Waals surface area contributed by atoms with Gasteiger partial charge in [-0.1, -0.05) is 42.1 Å². The number of halogens is 3. The van der Waals surface area contributed by atoms with Gasteiger partial charge in [-0.2, -0.15) is 13.2 Å². The van der Waals surface area contributed by atoms with Crippen LogP contribution in [0, 0.1) is 0 Å². The molecule has 4 aromatic rings. The molecule has 0 atom stereocenters. The summed E-state index contributed by atoms with van der Waals surface area (Å²) in [4.78, 5) is 32.3. The lowest BCUT2D eigenvalue weighted by Gasteiger charge is -2.12. The zero-order valence-electron chi connectivity index (χ0n) is 17.4. The van der Waals surface area contributed by atoms with Crippen molar-refractivity contribution in [3.8, 4) is 0 Å². The number of rotatable bonds is 7. The van der Waals surface area contributed by atoms with Crippen LogP contribution in [0.5, 0.6) is 0 Å². The Labute approximate surface area is 195 Å². The predicted octanol–water partition coefficient (Wildman–Crippen LogP) is 4.90. The Morgan fingerprint density at radius 2 is 1.74 bits per heavy atom. The second-order valence-electron chi connectivity index (χ2n) is 7.01. The summed E-state index contributed by atoms with van der Waals surface area (Å²) in [6, 6.07) is 16.1. The molecule has 0 spiro atoms. The van der Waals surface area contributed by atoms with Crippen molar-refractivity contribution in [2.75, 3.05) is 11.1 Å². The number of nitrogens with one attached hydrogen (secondary N) is 2. The minimum Gasteiger partial charge on any atom is -0.467 e. The first-order chi connectivity index (χ1) is 16.3. The third kappa shape index (κ3) is 5.54. The number of aromatic nitrogens is 2. The van der Waals surface area contributed by atoms with Crippen molar-refractivity contribution in [1.29, 1.82) is 0 Å². The predicted molar refractivity (Wildman–Crippen MR) is 120 cm³/mol. The number of carbonyl (C=O) groups is 2. The fraction of sp³-hybridized carbons (Fsp3) is 0.130. The summed E-state index contributed by atoms with van der Waals surface area (Å²) in [6.07, 6.45) is -3.23. The van der Waals surface area contributed by atoms with Gasteiger partial charge >= 0.3 is 6.18 Å². The molecule has 174 valence electrons. The van der Waals surface area contributed by atoms with Gasteiger partial charge in [0.15, 0.2) is 0 Å². The molecule has 2 aromatic heterocycles. The van der Waals surface area contributed by atoms with Crippen molar-refractivity contribution in [3.63, 3.8) is 0 Å². The molecule has 0 bridgehead atoms. The summed E-state index contributed by atoms with van der Waals surface area (Å²) in [5.41, 5.74) is 0.638. The van der Waals surface area contributed by atoms with Gasteiger partial charge in [0.2, 0.25) is 11.7 Å². The van der Waals surface area contributed by atoms with Crippen LogP contribution in [0.25, 0.3) is 10.9 Å². The second-order valence-corrected chi connectivity index (χ2v) is 7.98. The zero-order chi connectivity index (χ0) is 24.1. The lowest BCUT2D eigenvalue weighted by Crippen LogP contribution is -2.25. The number of thioether (sulfide) groups is 1. The van der Waals surface area contributed by atoms with Crippen LogP contribution >= 0.6 is 11.8 Å². The number of carbonyl (C=O) groups excluding carboxylic acids is 2. The monoisotopic (exact) mass is 486 g/mol. The molecule has 0 aliphatic heterocycles. The molecule has 0 saturated heterocycles. The number of hydrogen-bond acceptors (Lipinski definition) is 6. The maximum absolute atomic E-state index is 13.2. The third-order valence-electron chi connectivity index (χ3n) is 4.61. The second kappa shape index (κ2) is 9.96. The number of para-hydroxylation sites is 2. The van der Waals surface area contributed by atoms with Gasteiger partial charge in [-0.15, -0.1) is 0 Å². The normalized spacial score (nSPS) is 11.4. The molecular weight excluding hydrogens is 469 g/mol. The first kappa shape index (κ1) is 23.3. The Hall–Kier alpha value is -3.86. The maximum Gasteiger partial charge on any atom is 0.451 e. The highest BCUT2D eigenvalue weighted by atomic mass is 32.2. The van der Waals surface area contributed by atoms with Gasteiger partial charge in [0, 0.05) is 5.39 Å². The van der Waals surface area contributed by atoms with Gasteiger partial charge in [-0.05, 0) is 30.3 Å². The molecular formula is C23H17F3N4O3S. The average molecular weight is 486 g/mol. The molecule has 2 N–H and O–H groups in total. The van der Waals surface area contributed by atoms with E-state index < -0.39 is 23.8 Å². The molecule has 2 heterocycles. The summed E-state index contributed by atoms with van der Waals surface area (Å²) >= 11 is 0.854. The molecule has 7 nitrogen and oxygen atoms in total. The summed E-state index contributed by atoms with van der Waals surface area (Å²) in [5.74, 6) is -1.85. The van der Waals surface area contributed by atoms with E-state index in [4.69, 9.17) is 4.42 Å². The van der Waals surface area contributed by atoms with Gasteiger partial charge < -0.3 is 15.1 Å². The Morgan fingerprint density at radius 3 is 2.50 bits per heavy atom. The third-order valence-corrected chi connectivity index (χ3v) is 5.60. The average Bonchev–Trinajstić information content (AvgIpc) is 3.34. The molecule has 0 aliphatic rings. The highest BCUT2D eigenvalue weighted by Crippen LogP contribution is 2.32. The molecule has 0 fully saturated rings. The minimum absolute atomic E-state index is 0.0394. The van der Waals surface area contributed by atoms with E-state index in [2.05, 4.69) is 20.6 Å². The SMILES string of the molecule is O=C(CSc1nc(C(F)(F)F)nc2ccccc12)Nc1ccccc1C(=O)NCc1ccco1. The standard InChI is InChI=1S/C23H17F3N4O3S/c24-23(25,26)22-29-18-10-4-2-8-16(18)21(30-22)34-13-19(31)28-17-9-3-1-7-15(17)20(32)27-12-14-6-5-11-33-14/h1-11H,12-13H2,(H,27,32)(H,28,31). The summed E-state index contributed by atoms with van der Waals surface area (Å²) in [6.45, 7) is 0.173. The number of alkyl halides is 3. The Bertz CT molecular complexity index is 1330. The summed E-state index contributed by atoms with van der Waals surface area (Å²) in [5, 5.41) is 5.79. The zero-order valence-corrected chi connectivity index (χ0v) is 18.2. The largest absolute Gasteiger partial charge is 0.467 e. The summed E-state index contributed by atoms with van der Waals surface area (Å²) in [7, 11) is 0. The Kier molecular flexibility index (Phi) is 6.82. The lowest BCUT2D eigenvalue weighted by molar-refractivity contribution is -0.145. The highest BCUT2D eigenvalue weighted by Gasteiger charge is 2.35. The minimum atomic E-state index is -4.72. The van der Waals surface area contributed by atoms with Crippen LogP contribution in [0.1, 0.15) is 21.9 Å². The van der Waals surface area contributed by atoms with Crippen LogP contribution in [0.15, 0.2) is 76.4 Å². The molecule has 0 aliphatic carbocycles. The van der Waals surface area contributed by atoms with Crippen molar-refractivity contribution in [3.05, 3.63) is 84.1 Å². The van der Waals surface area contributed by atoms with Crippen LogP contribution in [-0.2, 0) is 17.5 Å². The van der Waals surface area contributed by atoms with Crippen LogP contribution in [0.4, 0.5) is 18.9 Å². The smallest absolute Gasteiger partial charge is 0.451 e. The number of benzene rings is 2. The number of nitrogens with zero attached hydrogens (tertiary/aromatic N) is 2. The molecule has 0 radical (unpaired) electrons. The fourth-order valence-corrected chi connectivity index (χ4v) is 3.89. The van der Waals surface area contributed by atoms with E-state index >= 15 is 0 Å². The van der Waals surface area contributed by atoms with E-state index in [1.807, 2.05) is 0 Å². The van der Waals surface area contributed by atoms with E-state index in [1.54, 1.807) is 54.6 Å². The summed E-state index contributed by atoms with van der Waals surface area (Å²) < 4.78 is 44.8. The maximum atomic E-state index is 13.2. The molecule has 4 rings (SSSR count). The quantitative estimate of drug-likeness (QED) is 0.285. The molecule has 2 aromatic carbocycles. The number of amides is 2. The Morgan fingerprint density at radius 1 is 0.971 bits per heavy atom. The van der Waals surface area contributed by atoms with Crippen molar-refractivity contribution >= 4 is 40.2 Å². The first-order valence-electron chi connectivity index (χ1n) is 9.97. The van der Waals surface area contributed by atoms with E-state index in [1.165, 1.54) is 12.3 Å².